The van der Waals surface area contributed by atoms with Crippen molar-refractivity contribution >= 4 is 43.6 Å². The Labute approximate surface area is 395 Å². The van der Waals surface area contributed by atoms with Crippen LogP contribution >= 0.6 is 0 Å². The van der Waals surface area contributed by atoms with Gasteiger partial charge >= 0.3 is 0 Å². The van der Waals surface area contributed by atoms with Crippen molar-refractivity contribution in [3.05, 3.63) is 198 Å². The third-order valence-corrected chi connectivity index (χ3v) is 13.2. The molecule has 0 saturated heterocycles. The Morgan fingerprint density at radius 1 is 0.397 bits per heavy atom. The van der Waals surface area contributed by atoms with Crippen LogP contribution in [0.1, 0.15) is 63.8 Å². The molecule has 3 heterocycles. The molecule has 8 aromatic carbocycles. The highest BCUT2D eigenvalue weighted by molar-refractivity contribution is 6.11. The quantitative estimate of drug-likeness (QED) is 0.166. The second-order valence-corrected chi connectivity index (χ2v) is 19.5. The lowest BCUT2D eigenvalue weighted by Gasteiger charge is -2.20. The molecular weight excluding hydrogens is 831 g/mol. The molecule has 0 atom stereocenters. The van der Waals surface area contributed by atoms with Crippen molar-refractivity contribution in [2.75, 3.05) is 0 Å². The number of hydrogen-bond donors (Lipinski definition) is 0. The van der Waals surface area contributed by atoms with E-state index in [4.69, 9.17) is 15.0 Å². The molecule has 7 heteroatoms. The Bertz CT molecular complexity index is 3880. The molecule has 0 aliphatic heterocycles. The van der Waals surface area contributed by atoms with Crippen molar-refractivity contribution < 1.29 is 0 Å². The Morgan fingerprint density at radius 2 is 0.882 bits per heavy atom. The summed E-state index contributed by atoms with van der Waals surface area (Å²) < 4.78 is 4.57. The number of hydrogen-bond acceptors (Lipinski definition) is 5. The van der Waals surface area contributed by atoms with Gasteiger partial charge in [-0.05, 0) is 99.8 Å². The van der Waals surface area contributed by atoms with Gasteiger partial charge in [0.2, 0.25) is 0 Å². The maximum Gasteiger partial charge on any atom is 0.167 e. The fourth-order valence-electron chi connectivity index (χ4n) is 9.69. The van der Waals surface area contributed by atoms with E-state index < -0.39 is 0 Å². The van der Waals surface area contributed by atoms with Crippen molar-refractivity contribution in [1.29, 1.82) is 10.5 Å². The van der Waals surface area contributed by atoms with Gasteiger partial charge in [-0.25, -0.2) is 15.0 Å². The number of fused-ring (bicyclic) bond motifs is 6. The minimum atomic E-state index is -0.0557. The van der Waals surface area contributed by atoms with Crippen molar-refractivity contribution in [2.45, 2.75) is 52.4 Å². The number of para-hydroxylation sites is 2. The summed E-state index contributed by atoms with van der Waals surface area (Å²) in [6, 6.07) is 65.1. The Morgan fingerprint density at radius 3 is 1.43 bits per heavy atom. The molecular formula is C61H47N7. The SMILES string of the molecule is CC(C)(C)c1ccc2c(c1)c1ccccc1n2-c1cccc(C#N)c1-c1nc(-c2ccccc2)nc(-c2c(-c3ccc(C#N)cc3)cccc2-n2c3ccccc3c3cc(C(C)(C)C)ccc32)n1. The summed E-state index contributed by atoms with van der Waals surface area (Å²) >= 11 is 0. The van der Waals surface area contributed by atoms with Crippen LogP contribution in [0.5, 0.6) is 0 Å². The number of aromatic nitrogens is 5. The van der Waals surface area contributed by atoms with Gasteiger partial charge in [0.15, 0.2) is 17.5 Å². The first-order valence-electron chi connectivity index (χ1n) is 23.0. The fraction of sp³-hybridized carbons (Fsp3) is 0.131. The van der Waals surface area contributed by atoms with Gasteiger partial charge in [0.25, 0.3) is 0 Å². The van der Waals surface area contributed by atoms with Gasteiger partial charge in [0.05, 0.1) is 67.8 Å². The molecule has 0 bridgehead atoms. The summed E-state index contributed by atoms with van der Waals surface area (Å²) in [4.78, 5) is 16.2. The Balaban J connectivity index is 1.25. The first-order valence-corrected chi connectivity index (χ1v) is 23.0. The molecule has 0 spiro atoms. The van der Waals surface area contributed by atoms with E-state index in [9.17, 15) is 10.5 Å². The average Bonchev–Trinajstić information content (AvgIpc) is 3.87. The van der Waals surface area contributed by atoms with Crippen LogP contribution in [0.15, 0.2) is 176 Å². The lowest BCUT2D eigenvalue weighted by Crippen LogP contribution is -2.10. The van der Waals surface area contributed by atoms with Gasteiger partial charge < -0.3 is 9.13 Å². The molecule has 0 unspecified atom stereocenters. The zero-order valence-electron chi connectivity index (χ0n) is 38.9. The van der Waals surface area contributed by atoms with E-state index in [1.54, 1.807) is 0 Å². The number of benzene rings is 8. The number of nitrogens with zero attached hydrogens (tertiary/aromatic N) is 7. The standard InChI is InChI=1S/C61H47N7/c1-60(2,3)42-30-32-51-47(34-42)45-19-10-12-22-49(45)67(51)53-24-14-18-41(37-63)55(53)58-64-57(40-16-8-7-9-17-40)65-59(66-58)56-44(39-28-26-38(36-62)27-29-39)21-15-25-54(56)68-50-23-13-11-20-46(50)48-35-43(61(4,5)6)31-33-52(48)68/h7-35H,1-6H3. The van der Waals surface area contributed by atoms with E-state index in [1.165, 1.54) is 11.1 Å². The molecule has 0 aliphatic rings. The van der Waals surface area contributed by atoms with Gasteiger partial charge in [-0.3, -0.25) is 0 Å². The molecule has 0 amide bonds. The normalized spacial score (nSPS) is 11.9. The van der Waals surface area contributed by atoms with Crippen LogP contribution in [0.4, 0.5) is 0 Å². The fourth-order valence-corrected chi connectivity index (χ4v) is 9.69. The monoisotopic (exact) mass is 877 g/mol. The van der Waals surface area contributed by atoms with Crippen LogP contribution < -0.4 is 0 Å². The number of nitriles is 2. The third kappa shape index (κ3) is 6.99. The topological polar surface area (TPSA) is 96.1 Å². The Hall–Kier alpha value is -8.65. The zero-order valence-corrected chi connectivity index (χ0v) is 38.9. The molecule has 0 N–H and O–H groups in total. The summed E-state index contributed by atoms with van der Waals surface area (Å²) in [6.07, 6.45) is 0. The Kier molecular flexibility index (Phi) is 9.92. The summed E-state index contributed by atoms with van der Waals surface area (Å²) in [5.41, 5.74) is 13.1. The maximum absolute atomic E-state index is 11.0. The van der Waals surface area contributed by atoms with E-state index in [2.05, 4.69) is 172 Å². The molecule has 326 valence electrons. The first-order chi connectivity index (χ1) is 32.9. The summed E-state index contributed by atoms with van der Waals surface area (Å²) in [7, 11) is 0. The van der Waals surface area contributed by atoms with E-state index >= 15 is 0 Å². The van der Waals surface area contributed by atoms with Crippen LogP contribution in [-0.2, 0) is 10.8 Å². The van der Waals surface area contributed by atoms with E-state index in [0.717, 1.165) is 77.2 Å². The highest BCUT2D eigenvalue weighted by Crippen LogP contribution is 2.44. The second kappa shape index (κ2) is 16.0. The summed E-state index contributed by atoms with van der Waals surface area (Å²) in [5.74, 6) is 1.28. The van der Waals surface area contributed by atoms with Crippen LogP contribution in [0.2, 0.25) is 0 Å². The molecule has 11 aromatic rings. The van der Waals surface area contributed by atoms with Gasteiger partial charge in [-0.2, -0.15) is 10.5 Å². The van der Waals surface area contributed by atoms with Crippen LogP contribution in [-0.4, -0.2) is 24.1 Å². The maximum atomic E-state index is 11.0. The first kappa shape index (κ1) is 42.0. The van der Waals surface area contributed by atoms with Crippen LogP contribution in [0.3, 0.4) is 0 Å². The molecule has 11 rings (SSSR count). The molecule has 0 fully saturated rings. The predicted molar refractivity (Wildman–Crippen MR) is 277 cm³/mol. The molecule has 0 saturated carbocycles. The summed E-state index contributed by atoms with van der Waals surface area (Å²) in [5, 5.41) is 25.4. The largest absolute Gasteiger partial charge is 0.308 e. The van der Waals surface area contributed by atoms with Gasteiger partial charge in [0.1, 0.15) is 0 Å². The van der Waals surface area contributed by atoms with Crippen molar-refractivity contribution in [1.82, 2.24) is 24.1 Å². The van der Waals surface area contributed by atoms with E-state index in [-0.39, 0.29) is 10.8 Å². The molecule has 0 aliphatic carbocycles. The highest BCUT2D eigenvalue weighted by Gasteiger charge is 2.27. The minimum Gasteiger partial charge on any atom is -0.308 e. The second-order valence-electron chi connectivity index (χ2n) is 19.5. The molecule has 3 aromatic heterocycles. The lowest BCUT2D eigenvalue weighted by molar-refractivity contribution is 0.591. The predicted octanol–water partition coefficient (Wildman–Crippen LogP) is 15.1. The van der Waals surface area contributed by atoms with Crippen LogP contribution in [0, 0.1) is 22.7 Å². The van der Waals surface area contributed by atoms with E-state index in [0.29, 0.717) is 34.2 Å². The molecule has 68 heavy (non-hydrogen) atoms. The smallest absolute Gasteiger partial charge is 0.167 e. The van der Waals surface area contributed by atoms with Crippen molar-refractivity contribution in [3.63, 3.8) is 0 Å². The zero-order chi connectivity index (χ0) is 46.9. The molecule has 7 nitrogen and oxygen atoms in total. The average molecular weight is 878 g/mol. The third-order valence-electron chi connectivity index (χ3n) is 13.2. The number of rotatable bonds is 6. The van der Waals surface area contributed by atoms with Gasteiger partial charge in [-0.1, -0.05) is 151 Å². The van der Waals surface area contributed by atoms with Gasteiger partial charge in [0, 0.05) is 27.1 Å². The van der Waals surface area contributed by atoms with Crippen LogP contribution in [0.25, 0.3) is 100 Å². The lowest BCUT2D eigenvalue weighted by atomic mass is 9.86. The van der Waals surface area contributed by atoms with Crippen molar-refractivity contribution in [3.8, 4) is 68.8 Å². The van der Waals surface area contributed by atoms with E-state index in [1.807, 2.05) is 66.7 Å². The van der Waals surface area contributed by atoms with Crippen molar-refractivity contribution in [2.24, 2.45) is 0 Å². The minimum absolute atomic E-state index is 0.0552. The molecule has 0 radical (unpaired) electrons. The van der Waals surface area contributed by atoms with Gasteiger partial charge in [-0.15, -0.1) is 0 Å². The summed E-state index contributed by atoms with van der Waals surface area (Å²) in [6.45, 7) is 13.4. The highest BCUT2D eigenvalue weighted by atomic mass is 15.1.